The molecule has 1 amide bonds. The first-order valence-electron chi connectivity index (χ1n) is 7.69. The van der Waals surface area contributed by atoms with E-state index < -0.39 is 0 Å². The molecule has 0 spiro atoms. The molecule has 0 bridgehead atoms. The number of methoxy groups -OCH3 is 2. The van der Waals surface area contributed by atoms with Gasteiger partial charge in [0.15, 0.2) is 0 Å². The summed E-state index contributed by atoms with van der Waals surface area (Å²) >= 11 is 0. The summed E-state index contributed by atoms with van der Waals surface area (Å²) in [6.07, 6.45) is 0.755. The van der Waals surface area contributed by atoms with E-state index in [9.17, 15) is 4.79 Å². The number of benzene rings is 1. The molecule has 0 aromatic heterocycles. The van der Waals surface area contributed by atoms with Gasteiger partial charge in [-0.2, -0.15) is 0 Å². The average Bonchev–Trinajstić information content (AvgIpc) is 2.51. The van der Waals surface area contributed by atoms with Crippen LogP contribution in [0.2, 0.25) is 0 Å². The summed E-state index contributed by atoms with van der Waals surface area (Å²) in [5.74, 6) is 1.21. The molecule has 5 nitrogen and oxygen atoms in total. The van der Waals surface area contributed by atoms with Gasteiger partial charge in [0.05, 0.1) is 20.3 Å². The fourth-order valence-corrected chi connectivity index (χ4v) is 2.20. The van der Waals surface area contributed by atoms with Crippen molar-refractivity contribution in [2.24, 2.45) is 5.92 Å². The molecule has 1 rings (SSSR count). The van der Waals surface area contributed by atoms with E-state index in [1.807, 2.05) is 24.3 Å². The summed E-state index contributed by atoms with van der Waals surface area (Å²) in [6.45, 7) is 5.79. The van der Waals surface area contributed by atoms with E-state index in [1.54, 1.807) is 14.2 Å². The van der Waals surface area contributed by atoms with Crippen LogP contribution in [0.4, 0.5) is 0 Å². The lowest BCUT2D eigenvalue weighted by atomic mass is 9.96. The highest BCUT2D eigenvalue weighted by Crippen LogP contribution is 2.20. The molecule has 0 heterocycles. The van der Waals surface area contributed by atoms with Crippen molar-refractivity contribution < 1.29 is 14.3 Å². The van der Waals surface area contributed by atoms with Gasteiger partial charge in [-0.05, 0) is 24.0 Å². The van der Waals surface area contributed by atoms with Gasteiger partial charge in [0.1, 0.15) is 5.75 Å². The Morgan fingerprint density at radius 3 is 2.52 bits per heavy atom. The Bertz CT molecular complexity index is 455. The molecule has 0 aliphatic carbocycles. The second kappa shape index (κ2) is 12.2. The van der Waals surface area contributed by atoms with Crippen molar-refractivity contribution in [3.8, 4) is 5.75 Å². The van der Waals surface area contributed by atoms with Gasteiger partial charge in [0, 0.05) is 19.7 Å². The summed E-state index contributed by atoms with van der Waals surface area (Å²) in [7, 11) is 3.31. The lowest BCUT2D eigenvalue weighted by Crippen LogP contribution is -2.44. The van der Waals surface area contributed by atoms with Crippen molar-refractivity contribution in [3.05, 3.63) is 29.8 Å². The maximum absolute atomic E-state index is 12.0. The maximum Gasteiger partial charge on any atom is 0.234 e. The third kappa shape index (κ3) is 8.21. The van der Waals surface area contributed by atoms with E-state index in [0.29, 0.717) is 25.6 Å². The van der Waals surface area contributed by atoms with E-state index in [0.717, 1.165) is 17.7 Å². The minimum atomic E-state index is 0. The van der Waals surface area contributed by atoms with E-state index in [4.69, 9.17) is 9.47 Å². The SMILES string of the molecule is COCCNCC(=O)NC(Cc1ccccc1OC)C(C)C.Cl. The summed E-state index contributed by atoms with van der Waals surface area (Å²) in [5, 5.41) is 6.15. The fraction of sp³-hybridized carbons (Fsp3) is 0.588. The van der Waals surface area contributed by atoms with Crippen LogP contribution in [-0.4, -0.2) is 45.9 Å². The number of nitrogens with one attached hydrogen (secondary N) is 2. The zero-order chi connectivity index (χ0) is 16.4. The third-order valence-corrected chi connectivity index (χ3v) is 3.55. The van der Waals surface area contributed by atoms with Crippen LogP contribution in [0.15, 0.2) is 24.3 Å². The van der Waals surface area contributed by atoms with Crippen LogP contribution in [-0.2, 0) is 16.0 Å². The predicted octanol–water partition coefficient (Wildman–Crippen LogP) is 2.04. The van der Waals surface area contributed by atoms with Crippen LogP contribution in [0.1, 0.15) is 19.4 Å². The van der Waals surface area contributed by atoms with Gasteiger partial charge in [0.25, 0.3) is 0 Å². The molecule has 23 heavy (non-hydrogen) atoms. The molecule has 0 aliphatic rings. The molecule has 0 aliphatic heterocycles. The van der Waals surface area contributed by atoms with Gasteiger partial charge in [-0.3, -0.25) is 4.79 Å². The van der Waals surface area contributed by atoms with Crippen LogP contribution >= 0.6 is 12.4 Å². The summed E-state index contributed by atoms with van der Waals surface area (Å²) < 4.78 is 10.3. The number of halogens is 1. The molecule has 0 saturated heterocycles. The number of carbonyl (C=O) groups excluding carboxylic acids is 1. The van der Waals surface area contributed by atoms with Gasteiger partial charge in [0.2, 0.25) is 5.91 Å². The van der Waals surface area contributed by atoms with Gasteiger partial charge in [-0.1, -0.05) is 32.0 Å². The van der Waals surface area contributed by atoms with E-state index in [1.165, 1.54) is 0 Å². The van der Waals surface area contributed by atoms with Crippen molar-refractivity contribution in [1.82, 2.24) is 10.6 Å². The Labute approximate surface area is 145 Å². The summed E-state index contributed by atoms with van der Waals surface area (Å²) in [4.78, 5) is 12.0. The fourth-order valence-electron chi connectivity index (χ4n) is 2.20. The standard InChI is InChI=1S/C17H28N2O3.ClH/c1-13(2)15(19-17(20)12-18-9-10-21-3)11-14-7-5-6-8-16(14)22-4;/h5-8,13,15,18H,9-12H2,1-4H3,(H,19,20);1H. The molecular formula is C17H29ClN2O3. The second-order valence-electron chi connectivity index (χ2n) is 5.60. The van der Waals surface area contributed by atoms with Crippen LogP contribution in [0.3, 0.4) is 0 Å². The first kappa shape index (κ1) is 21.7. The monoisotopic (exact) mass is 344 g/mol. The smallest absolute Gasteiger partial charge is 0.234 e. The Morgan fingerprint density at radius 1 is 1.22 bits per heavy atom. The number of para-hydroxylation sites is 1. The molecule has 1 aromatic carbocycles. The lowest BCUT2D eigenvalue weighted by Gasteiger charge is -2.23. The highest BCUT2D eigenvalue weighted by Gasteiger charge is 2.18. The van der Waals surface area contributed by atoms with Crippen molar-refractivity contribution >= 4 is 18.3 Å². The van der Waals surface area contributed by atoms with Crippen molar-refractivity contribution in [2.45, 2.75) is 26.3 Å². The number of hydrogen-bond acceptors (Lipinski definition) is 4. The first-order chi connectivity index (χ1) is 10.6. The third-order valence-electron chi connectivity index (χ3n) is 3.55. The number of carbonyl (C=O) groups is 1. The minimum Gasteiger partial charge on any atom is -0.496 e. The highest BCUT2D eigenvalue weighted by molar-refractivity contribution is 5.85. The Morgan fingerprint density at radius 2 is 1.91 bits per heavy atom. The van der Waals surface area contributed by atoms with Gasteiger partial charge in [-0.25, -0.2) is 0 Å². The minimum absolute atomic E-state index is 0. The lowest BCUT2D eigenvalue weighted by molar-refractivity contribution is -0.121. The quantitative estimate of drug-likeness (QED) is 0.638. The second-order valence-corrected chi connectivity index (χ2v) is 5.60. The molecule has 1 unspecified atom stereocenters. The van der Waals surface area contributed by atoms with Crippen LogP contribution in [0, 0.1) is 5.92 Å². The van der Waals surface area contributed by atoms with Crippen LogP contribution in [0.5, 0.6) is 5.75 Å². The molecule has 132 valence electrons. The van der Waals surface area contributed by atoms with Crippen molar-refractivity contribution in [1.29, 1.82) is 0 Å². The molecule has 0 radical (unpaired) electrons. The van der Waals surface area contributed by atoms with Crippen LogP contribution in [0.25, 0.3) is 0 Å². The number of ether oxygens (including phenoxy) is 2. The largest absolute Gasteiger partial charge is 0.496 e. The van der Waals surface area contributed by atoms with Crippen LogP contribution < -0.4 is 15.4 Å². The Balaban J connectivity index is 0.00000484. The number of amides is 1. The molecule has 6 heteroatoms. The first-order valence-corrected chi connectivity index (χ1v) is 7.69. The highest BCUT2D eigenvalue weighted by atomic mass is 35.5. The van der Waals surface area contributed by atoms with Gasteiger partial charge < -0.3 is 20.1 Å². The summed E-state index contributed by atoms with van der Waals surface area (Å²) in [5.41, 5.74) is 1.11. The van der Waals surface area contributed by atoms with E-state index in [2.05, 4.69) is 24.5 Å². The molecular weight excluding hydrogens is 316 g/mol. The molecule has 0 fully saturated rings. The topological polar surface area (TPSA) is 59.6 Å². The zero-order valence-corrected chi connectivity index (χ0v) is 15.2. The van der Waals surface area contributed by atoms with Gasteiger partial charge >= 0.3 is 0 Å². The maximum atomic E-state index is 12.0. The number of hydrogen-bond donors (Lipinski definition) is 2. The molecule has 2 N–H and O–H groups in total. The zero-order valence-electron chi connectivity index (χ0n) is 14.4. The summed E-state index contributed by atoms with van der Waals surface area (Å²) in [6, 6.07) is 8.00. The molecule has 0 saturated carbocycles. The predicted molar refractivity (Wildman–Crippen MR) is 95.5 cm³/mol. The Hall–Kier alpha value is -1.30. The van der Waals surface area contributed by atoms with Crippen molar-refractivity contribution in [3.63, 3.8) is 0 Å². The van der Waals surface area contributed by atoms with E-state index in [-0.39, 0.29) is 24.4 Å². The molecule has 1 aromatic rings. The average molecular weight is 345 g/mol. The normalized spacial score (nSPS) is 11.7. The van der Waals surface area contributed by atoms with E-state index >= 15 is 0 Å². The number of rotatable bonds is 10. The van der Waals surface area contributed by atoms with Gasteiger partial charge in [-0.15, -0.1) is 12.4 Å². The molecule has 1 atom stereocenters. The Kier molecular flexibility index (Phi) is 11.5. The van der Waals surface area contributed by atoms with Crippen molar-refractivity contribution in [2.75, 3.05) is 33.9 Å².